The molecule has 0 unspecified atom stereocenters. The van der Waals surface area contributed by atoms with Crippen LogP contribution in [0.15, 0.2) is 76.4 Å². The third-order valence-corrected chi connectivity index (χ3v) is 4.62. The number of hydrogen-bond donors (Lipinski definition) is 1. The Morgan fingerprint density at radius 3 is 2.82 bits per heavy atom. The smallest absolute Gasteiger partial charge is 0.310 e. The average Bonchev–Trinajstić information content (AvgIpc) is 3.39. The van der Waals surface area contributed by atoms with E-state index in [0.717, 1.165) is 11.3 Å². The van der Waals surface area contributed by atoms with Crippen molar-refractivity contribution < 1.29 is 19.1 Å². The average molecular weight is 376 g/mol. The van der Waals surface area contributed by atoms with Crippen molar-refractivity contribution in [1.82, 2.24) is 5.01 Å². The molecule has 2 heterocycles. The first-order chi connectivity index (χ1) is 13.7. The number of phenols is 1. The summed E-state index contributed by atoms with van der Waals surface area (Å²) in [6.07, 6.45) is 1.93. The van der Waals surface area contributed by atoms with Gasteiger partial charge in [0.25, 0.3) is 0 Å². The molecule has 0 bridgehead atoms. The number of para-hydroxylation sites is 1. The van der Waals surface area contributed by atoms with Crippen molar-refractivity contribution in [2.24, 2.45) is 5.10 Å². The Bertz CT molecular complexity index is 1010. The summed E-state index contributed by atoms with van der Waals surface area (Å²) in [7, 11) is 0. The number of aromatic hydroxyl groups is 1. The minimum atomic E-state index is -0.331. The van der Waals surface area contributed by atoms with Crippen LogP contribution >= 0.6 is 0 Å². The molecular formula is C22H20N2O4. The van der Waals surface area contributed by atoms with Crippen LogP contribution in [-0.2, 0) is 0 Å². The molecule has 4 rings (SSSR count). The fraction of sp³-hybridized carbons (Fsp3) is 0.182. The van der Waals surface area contributed by atoms with Gasteiger partial charge in [-0.15, -0.1) is 0 Å². The molecule has 6 nitrogen and oxygen atoms in total. The van der Waals surface area contributed by atoms with E-state index in [4.69, 9.17) is 9.15 Å². The quantitative estimate of drug-likeness (QED) is 0.717. The lowest BCUT2D eigenvalue weighted by Gasteiger charge is -2.21. The Kier molecular flexibility index (Phi) is 4.85. The third kappa shape index (κ3) is 3.36. The highest BCUT2D eigenvalue weighted by Crippen LogP contribution is 2.36. The number of ether oxygens (including phenoxy) is 1. The molecule has 0 radical (unpaired) electrons. The van der Waals surface area contributed by atoms with E-state index in [0.29, 0.717) is 24.3 Å². The van der Waals surface area contributed by atoms with Gasteiger partial charge in [-0.1, -0.05) is 24.3 Å². The summed E-state index contributed by atoms with van der Waals surface area (Å²) in [5.41, 5.74) is 2.16. The van der Waals surface area contributed by atoms with Gasteiger partial charge < -0.3 is 14.3 Å². The van der Waals surface area contributed by atoms with Gasteiger partial charge in [-0.3, -0.25) is 4.79 Å². The van der Waals surface area contributed by atoms with Crippen molar-refractivity contribution in [1.29, 1.82) is 0 Å². The molecule has 0 fully saturated rings. The van der Waals surface area contributed by atoms with Crippen LogP contribution in [0, 0.1) is 0 Å². The Balaban J connectivity index is 1.73. The van der Waals surface area contributed by atoms with E-state index in [1.54, 1.807) is 30.3 Å². The standard InChI is InChI=1S/C22H20N2O4/c1-2-27-16-8-5-7-15(13-16)19-14-18(17-9-3-4-10-20(17)25)23-24(19)22(26)21-11-6-12-28-21/h3-13,19,25H,2,14H2,1H3/t19-/m0/s1. The molecule has 1 N–H and O–H groups in total. The van der Waals surface area contributed by atoms with Gasteiger partial charge in [0.1, 0.15) is 11.5 Å². The lowest BCUT2D eigenvalue weighted by atomic mass is 9.97. The van der Waals surface area contributed by atoms with E-state index in [9.17, 15) is 9.90 Å². The Morgan fingerprint density at radius 2 is 2.07 bits per heavy atom. The lowest BCUT2D eigenvalue weighted by Crippen LogP contribution is -2.26. The van der Waals surface area contributed by atoms with Gasteiger partial charge in [-0.2, -0.15) is 5.10 Å². The number of benzene rings is 2. The fourth-order valence-electron chi connectivity index (χ4n) is 3.33. The van der Waals surface area contributed by atoms with Gasteiger partial charge in [0.2, 0.25) is 0 Å². The number of hydrazone groups is 1. The van der Waals surface area contributed by atoms with Crippen LogP contribution in [0.3, 0.4) is 0 Å². The topological polar surface area (TPSA) is 75.3 Å². The summed E-state index contributed by atoms with van der Waals surface area (Å²) in [5.74, 6) is 0.757. The lowest BCUT2D eigenvalue weighted by molar-refractivity contribution is 0.0678. The number of rotatable bonds is 5. The summed E-state index contributed by atoms with van der Waals surface area (Å²) in [6, 6.07) is 17.6. The summed E-state index contributed by atoms with van der Waals surface area (Å²) in [6.45, 7) is 2.48. The van der Waals surface area contributed by atoms with Crippen LogP contribution in [0.25, 0.3) is 0 Å². The summed E-state index contributed by atoms with van der Waals surface area (Å²) in [5, 5.41) is 16.2. The molecule has 1 amide bonds. The molecule has 0 aliphatic carbocycles. The van der Waals surface area contributed by atoms with Gasteiger partial charge >= 0.3 is 5.91 Å². The number of amides is 1. The number of hydrogen-bond acceptors (Lipinski definition) is 5. The van der Waals surface area contributed by atoms with E-state index >= 15 is 0 Å². The van der Waals surface area contributed by atoms with Crippen LogP contribution in [0.4, 0.5) is 0 Å². The Morgan fingerprint density at radius 1 is 1.21 bits per heavy atom. The normalized spacial score (nSPS) is 16.1. The first-order valence-electron chi connectivity index (χ1n) is 9.13. The summed E-state index contributed by atoms with van der Waals surface area (Å²) in [4.78, 5) is 13.0. The highest BCUT2D eigenvalue weighted by Gasteiger charge is 2.35. The van der Waals surface area contributed by atoms with E-state index in [1.165, 1.54) is 11.3 Å². The van der Waals surface area contributed by atoms with Crippen molar-refractivity contribution in [3.05, 3.63) is 83.8 Å². The van der Waals surface area contributed by atoms with E-state index in [-0.39, 0.29) is 23.5 Å². The van der Waals surface area contributed by atoms with Crippen molar-refractivity contribution >= 4 is 11.6 Å². The van der Waals surface area contributed by atoms with Crippen molar-refractivity contribution in [3.8, 4) is 11.5 Å². The monoisotopic (exact) mass is 376 g/mol. The van der Waals surface area contributed by atoms with Crippen LogP contribution in [0.2, 0.25) is 0 Å². The predicted octanol–water partition coefficient (Wildman–Crippen LogP) is 4.38. The molecule has 1 aromatic heterocycles. The van der Waals surface area contributed by atoms with Crippen molar-refractivity contribution in [3.63, 3.8) is 0 Å². The van der Waals surface area contributed by atoms with Crippen LogP contribution < -0.4 is 4.74 Å². The Labute approximate surface area is 162 Å². The number of nitrogens with zero attached hydrogens (tertiary/aromatic N) is 2. The van der Waals surface area contributed by atoms with Crippen molar-refractivity contribution in [2.45, 2.75) is 19.4 Å². The molecule has 2 aromatic carbocycles. The van der Waals surface area contributed by atoms with Gasteiger partial charge in [-0.05, 0) is 48.9 Å². The first kappa shape index (κ1) is 17.9. The zero-order valence-corrected chi connectivity index (χ0v) is 15.4. The zero-order valence-electron chi connectivity index (χ0n) is 15.4. The second-order valence-electron chi connectivity index (χ2n) is 6.42. The highest BCUT2D eigenvalue weighted by molar-refractivity contribution is 6.06. The molecule has 0 saturated carbocycles. The molecule has 1 atom stereocenters. The first-order valence-corrected chi connectivity index (χ1v) is 9.13. The largest absolute Gasteiger partial charge is 0.507 e. The predicted molar refractivity (Wildman–Crippen MR) is 104 cm³/mol. The molecule has 142 valence electrons. The van der Waals surface area contributed by atoms with Crippen LogP contribution in [0.1, 0.15) is 41.1 Å². The number of furan rings is 1. The minimum absolute atomic E-state index is 0.135. The molecule has 6 heteroatoms. The molecule has 1 aliphatic heterocycles. The van der Waals surface area contributed by atoms with Gasteiger partial charge in [0.05, 0.1) is 24.6 Å². The maximum absolute atomic E-state index is 13.0. The SMILES string of the molecule is CCOc1cccc([C@@H]2CC(c3ccccc3O)=NN2C(=O)c2ccco2)c1. The second kappa shape index (κ2) is 7.60. The summed E-state index contributed by atoms with van der Waals surface area (Å²) < 4.78 is 10.9. The van der Waals surface area contributed by atoms with E-state index < -0.39 is 0 Å². The highest BCUT2D eigenvalue weighted by atomic mass is 16.5. The maximum atomic E-state index is 13.0. The summed E-state index contributed by atoms with van der Waals surface area (Å²) >= 11 is 0. The van der Waals surface area contributed by atoms with Crippen LogP contribution in [0.5, 0.6) is 11.5 Å². The van der Waals surface area contributed by atoms with Gasteiger partial charge in [0, 0.05) is 12.0 Å². The van der Waals surface area contributed by atoms with Crippen LogP contribution in [-0.4, -0.2) is 28.3 Å². The zero-order chi connectivity index (χ0) is 19.5. The van der Waals surface area contributed by atoms with Gasteiger partial charge in [-0.25, -0.2) is 5.01 Å². The maximum Gasteiger partial charge on any atom is 0.310 e. The molecule has 28 heavy (non-hydrogen) atoms. The van der Waals surface area contributed by atoms with E-state index in [1.807, 2.05) is 37.3 Å². The number of carbonyl (C=O) groups is 1. The molecular weight excluding hydrogens is 356 g/mol. The molecule has 0 saturated heterocycles. The third-order valence-electron chi connectivity index (χ3n) is 4.62. The minimum Gasteiger partial charge on any atom is -0.507 e. The molecule has 3 aromatic rings. The molecule has 0 spiro atoms. The van der Waals surface area contributed by atoms with E-state index in [2.05, 4.69) is 5.10 Å². The van der Waals surface area contributed by atoms with Crippen molar-refractivity contribution in [2.75, 3.05) is 6.61 Å². The number of carbonyl (C=O) groups excluding carboxylic acids is 1. The fourth-order valence-corrected chi connectivity index (χ4v) is 3.33. The second-order valence-corrected chi connectivity index (χ2v) is 6.42. The Hall–Kier alpha value is -3.54. The van der Waals surface area contributed by atoms with Gasteiger partial charge in [0.15, 0.2) is 5.76 Å². The number of phenolic OH excluding ortho intramolecular Hbond substituents is 1. The molecule has 1 aliphatic rings.